The van der Waals surface area contributed by atoms with Gasteiger partial charge in [-0.3, -0.25) is 0 Å². The van der Waals surface area contributed by atoms with Crippen LogP contribution in [0.4, 0.5) is 0 Å². The van der Waals surface area contributed by atoms with E-state index in [2.05, 4.69) is 0 Å². The van der Waals surface area contributed by atoms with Gasteiger partial charge in [-0.1, -0.05) is 30.3 Å². The van der Waals surface area contributed by atoms with Crippen LogP contribution in [0.5, 0.6) is 0 Å². The van der Waals surface area contributed by atoms with Gasteiger partial charge in [-0.05, 0) is 24.6 Å². The van der Waals surface area contributed by atoms with E-state index in [-0.39, 0.29) is 0 Å². The molecule has 0 saturated carbocycles. The van der Waals surface area contributed by atoms with Crippen molar-refractivity contribution in [3.05, 3.63) is 52.9 Å². The van der Waals surface area contributed by atoms with E-state index in [0.717, 1.165) is 10.4 Å². The first kappa shape index (κ1) is 13.3. The van der Waals surface area contributed by atoms with Crippen molar-refractivity contribution in [2.75, 3.05) is 7.05 Å². The minimum absolute atomic E-state index is 0.389. The van der Waals surface area contributed by atoms with Crippen LogP contribution in [0.25, 0.3) is 0 Å². The van der Waals surface area contributed by atoms with Crippen LogP contribution in [-0.4, -0.2) is 19.8 Å². The average molecular weight is 281 g/mol. The predicted octanol–water partition coefficient (Wildman–Crippen LogP) is 2.88. The van der Waals surface area contributed by atoms with Crippen LogP contribution in [-0.2, 0) is 16.6 Å². The molecule has 3 nitrogen and oxygen atoms in total. The first-order valence-electron chi connectivity index (χ1n) is 5.57. The number of nitrogens with zero attached hydrogens (tertiary/aromatic N) is 1. The van der Waals surface area contributed by atoms with Gasteiger partial charge >= 0.3 is 0 Å². The van der Waals surface area contributed by atoms with E-state index in [1.807, 2.05) is 43.3 Å². The Bertz CT molecular complexity index is 617. The smallest absolute Gasteiger partial charge is 0.206 e. The second-order valence-corrected chi connectivity index (χ2v) is 7.67. The van der Waals surface area contributed by atoms with Crippen LogP contribution < -0.4 is 0 Å². The highest BCUT2D eigenvalue weighted by molar-refractivity contribution is 7.91. The molecule has 0 spiro atoms. The first-order chi connectivity index (χ1) is 8.50. The van der Waals surface area contributed by atoms with Gasteiger partial charge in [0.15, 0.2) is 0 Å². The molecule has 0 aliphatic rings. The number of sulfonamides is 1. The normalized spacial score (nSPS) is 11.9. The molecule has 2 aromatic rings. The van der Waals surface area contributed by atoms with Gasteiger partial charge < -0.3 is 0 Å². The highest BCUT2D eigenvalue weighted by Crippen LogP contribution is 2.24. The second kappa shape index (κ2) is 5.22. The largest absolute Gasteiger partial charge is 0.252 e. The molecule has 96 valence electrons. The van der Waals surface area contributed by atoms with E-state index in [1.54, 1.807) is 13.1 Å². The van der Waals surface area contributed by atoms with E-state index in [9.17, 15) is 8.42 Å². The molecule has 0 radical (unpaired) electrons. The van der Waals surface area contributed by atoms with Crippen molar-refractivity contribution in [1.82, 2.24) is 4.31 Å². The highest BCUT2D eigenvalue weighted by Gasteiger charge is 2.22. The molecular weight excluding hydrogens is 266 g/mol. The molecule has 1 aromatic heterocycles. The fourth-order valence-electron chi connectivity index (χ4n) is 1.63. The summed E-state index contributed by atoms with van der Waals surface area (Å²) in [4.78, 5) is 1.00. The molecule has 0 fully saturated rings. The van der Waals surface area contributed by atoms with E-state index < -0.39 is 10.0 Å². The third-order valence-electron chi connectivity index (χ3n) is 2.63. The molecule has 5 heteroatoms. The third-order valence-corrected chi connectivity index (χ3v) is 5.90. The predicted molar refractivity (Wildman–Crippen MR) is 74.2 cm³/mol. The van der Waals surface area contributed by atoms with E-state index in [1.165, 1.54) is 15.6 Å². The summed E-state index contributed by atoms with van der Waals surface area (Å²) in [6, 6.07) is 13.1. The Morgan fingerprint density at radius 3 is 2.33 bits per heavy atom. The topological polar surface area (TPSA) is 37.4 Å². The van der Waals surface area contributed by atoms with Crippen LogP contribution in [0.3, 0.4) is 0 Å². The maximum atomic E-state index is 12.3. The molecule has 0 aliphatic heterocycles. The number of rotatable bonds is 4. The monoisotopic (exact) mass is 281 g/mol. The zero-order valence-corrected chi connectivity index (χ0v) is 12.0. The standard InChI is InChI=1S/C13H15NO2S2/c1-11-8-9-13(17-11)18(15,16)14(2)10-12-6-4-3-5-7-12/h3-9H,10H2,1-2H3. The van der Waals surface area contributed by atoms with Gasteiger partial charge in [0.2, 0.25) is 0 Å². The first-order valence-corrected chi connectivity index (χ1v) is 7.82. The molecule has 1 heterocycles. The Balaban J connectivity index is 2.21. The minimum atomic E-state index is -3.36. The molecular formula is C13H15NO2S2. The Morgan fingerprint density at radius 1 is 1.11 bits per heavy atom. The molecule has 2 rings (SSSR count). The lowest BCUT2D eigenvalue weighted by molar-refractivity contribution is 0.468. The van der Waals surface area contributed by atoms with Crippen LogP contribution in [0.15, 0.2) is 46.7 Å². The summed E-state index contributed by atoms with van der Waals surface area (Å²) >= 11 is 1.30. The molecule has 18 heavy (non-hydrogen) atoms. The summed E-state index contributed by atoms with van der Waals surface area (Å²) in [7, 11) is -1.76. The zero-order chi connectivity index (χ0) is 13.2. The summed E-state index contributed by atoms with van der Waals surface area (Å²) in [5.41, 5.74) is 0.983. The van der Waals surface area contributed by atoms with Crippen molar-refractivity contribution in [2.45, 2.75) is 17.7 Å². The Hall–Kier alpha value is -1.17. The minimum Gasteiger partial charge on any atom is -0.206 e. The summed E-state index contributed by atoms with van der Waals surface area (Å²) in [6.07, 6.45) is 0. The average Bonchev–Trinajstić information content (AvgIpc) is 2.78. The number of aryl methyl sites for hydroxylation is 1. The van der Waals surface area contributed by atoms with Gasteiger partial charge in [-0.15, -0.1) is 11.3 Å². The molecule has 0 amide bonds. The number of hydrogen-bond acceptors (Lipinski definition) is 3. The van der Waals surface area contributed by atoms with Gasteiger partial charge in [-0.2, -0.15) is 4.31 Å². The van der Waals surface area contributed by atoms with Crippen LogP contribution >= 0.6 is 11.3 Å². The number of thiophene rings is 1. The molecule has 0 atom stereocenters. The van der Waals surface area contributed by atoms with E-state index in [0.29, 0.717) is 10.8 Å². The van der Waals surface area contributed by atoms with Crippen molar-refractivity contribution in [2.24, 2.45) is 0 Å². The fourth-order valence-corrected chi connectivity index (χ4v) is 4.28. The highest BCUT2D eigenvalue weighted by atomic mass is 32.2. The Morgan fingerprint density at radius 2 is 1.78 bits per heavy atom. The van der Waals surface area contributed by atoms with Crippen molar-refractivity contribution >= 4 is 21.4 Å². The zero-order valence-electron chi connectivity index (χ0n) is 10.3. The lowest BCUT2D eigenvalue weighted by Gasteiger charge is -2.15. The van der Waals surface area contributed by atoms with Crippen molar-refractivity contribution in [3.8, 4) is 0 Å². The van der Waals surface area contributed by atoms with E-state index >= 15 is 0 Å². The van der Waals surface area contributed by atoms with Crippen LogP contribution in [0, 0.1) is 6.92 Å². The maximum absolute atomic E-state index is 12.3. The quantitative estimate of drug-likeness (QED) is 0.864. The summed E-state index contributed by atoms with van der Waals surface area (Å²) < 4.78 is 26.4. The lowest BCUT2D eigenvalue weighted by Crippen LogP contribution is -2.25. The van der Waals surface area contributed by atoms with Gasteiger partial charge in [0.25, 0.3) is 10.0 Å². The van der Waals surface area contributed by atoms with Crippen molar-refractivity contribution < 1.29 is 8.42 Å². The van der Waals surface area contributed by atoms with Gasteiger partial charge in [0.1, 0.15) is 4.21 Å². The molecule has 0 N–H and O–H groups in total. The van der Waals surface area contributed by atoms with Crippen molar-refractivity contribution in [1.29, 1.82) is 0 Å². The third kappa shape index (κ3) is 2.80. The van der Waals surface area contributed by atoms with Crippen molar-refractivity contribution in [3.63, 3.8) is 0 Å². The Kier molecular flexibility index (Phi) is 3.85. The molecule has 0 aliphatic carbocycles. The lowest BCUT2D eigenvalue weighted by atomic mass is 10.2. The van der Waals surface area contributed by atoms with Gasteiger partial charge in [0, 0.05) is 18.5 Å². The molecule has 0 saturated heterocycles. The molecule has 0 bridgehead atoms. The number of hydrogen-bond donors (Lipinski definition) is 0. The van der Waals surface area contributed by atoms with Crippen LogP contribution in [0.1, 0.15) is 10.4 Å². The van der Waals surface area contributed by atoms with Gasteiger partial charge in [0.05, 0.1) is 0 Å². The van der Waals surface area contributed by atoms with Crippen LogP contribution in [0.2, 0.25) is 0 Å². The fraction of sp³-hybridized carbons (Fsp3) is 0.231. The van der Waals surface area contributed by atoms with Gasteiger partial charge in [-0.25, -0.2) is 8.42 Å². The summed E-state index contributed by atoms with van der Waals surface area (Å²) in [5, 5.41) is 0. The SMILES string of the molecule is Cc1ccc(S(=O)(=O)N(C)Cc2ccccc2)s1. The molecule has 1 aromatic carbocycles. The Labute approximate surface area is 112 Å². The van der Waals surface area contributed by atoms with E-state index in [4.69, 9.17) is 0 Å². The summed E-state index contributed by atoms with van der Waals surface area (Å²) in [5.74, 6) is 0. The molecule has 0 unspecified atom stereocenters. The maximum Gasteiger partial charge on any atom is 0.252 e. The second-order valence-electron chi connectivity index (χ2n) is 4.11. The summed E-state index contributed by atoms with van der Waals surface area (Å²) in [6.45, 7) is 2.29. The number of benzene rings is 1.